The van der Waals surface area contributed by atoms with Crippen molar-refractivity contribution in [1.82, 2.24) is 9.97 Å². The number of epoxide rings is 1. The smallest absolute Gasteiger partial charge is 0.269 e. The van der Waals surface area contributed by atoms with E-state index in [0.717, 1.165) is 22.3 Å². The average molecular weight is 293 g/mol. The molecule has 1 fully saturated rings. The van der Waals surface area contributed by atoms with Gasteiger partial charge in [0.15, 0.2) is 0 Å². The molecule has 2 aromatic carbocycles. The first-order chi connectivity index (χ1) is 10.7. The Kier molecular flexibility index (Phi) is 2.83. The molecule has 0 unspecified atom stereocenters. The number of aromatic nitrogens is 2. The topological polar surface area (TPSA) is 81.5 Å². The Morgan fingerprint density at radius 2 is 1.73 bits per heavy atom. The van der Waals surface area contributed by atoms with E-state index in [1.54, 1.807) is 18.3 Å². The van der Waals surface area contributed by atoms with Crippen LogP contribution in [0.2, 0.25) is 0 Å². The number of benzene rings is 2. The summed E-state index contributed by atoms with van der Waals surface area (Å²) in [7, 11) is 0. The third kappa shape index (κ3) is 2.19. The highest BCUT2D eigenvalue weighted by Gasteiger charge is 2.43. The fourth-order valence-corrected chi connectivity index (χ4v) is 2.49. The van der Waals surface area contributed by atoms with Gasteiger partial charge in [-0.1, -0.05) is 12.1 Å². The van der Waals surface area contributed by atoms with Gasteiger partial charge in [-0.15, -0.1) is 0 Å². The molecule has 22 heavy (non-hydrogen) atoms. The van der Waals surface area contributed by atoms with Crippen LogP contribution in [0.1, 0.15) is 23.5 Å². The molecule has 0 aliphatic carbocycles. The van der Waals surface area contributed by atoms with Gasteiger partial charge in [0.05, 0.1) is 27.8 Å². The van der Waals surface area contributed by atoms with Crippen molar-refractivity contribution in [1.29, 1.82) is 0 Å². The predicted molar refractivity (Wildman–Crippen MR) is 79.2 cm³/mol. The molecule has 6 nitrogen and oxygen atoms in total. The number of para-hydroxylation sites is 2. The normalized spacial score (nSPS) is 20.0. The molecule has 1 aliphatic heterocycles. The molecule has 4 rings (SSSR count). The lowest BCUT2D eigenvalue weighted by molar-refractivity contribution is -0.384. The maximum absolute atomic E-state index is 10.7. The second kappa shape index (κ2) is 4.85. The molecular formula is C16H11N3O3. The Balaban J connectivity index is 1.58. The van der Waals surface area contributed by atoms with Crippen molar-refractivity contribution < 1.29 is 9.66 Å². The van der Waals surface area contributed by atoms with E-state index in [1.807, 2.05) is 24.3 Å². The van der Waals surface area contributed by atoms with Crippen LogP contribution < -0.4 is 0 Å². The van der Waals surface area contributed by atoms with E-state index in [9.17, 15) is 10.1 Å². The zero-order valence-electron chi connectivity index (χ0n) is 11.4. The summed E-state index contributed by atoms with van der Waals surface area (Å²) in [5, 5.41) is 10.7. The van der Waals surface area contributed by atoms with Crippen LogP contribution in [0.25, 0.3) is 11.0 Å². The monoisotopic (exact) mass is 293 g/mol. The molecule has 0 bridgehead atoms. The number of ether oxygens (including phenoxy) is 1. The highest BCUT2D eigenvalue weighted by Crippen LogP contribution is 2.50. The highest BCUT2D eigenvalue weighted by atomic mass is 16.6. The Hall–Kier alpha value is -2.86. The van der Waals surface area contributed by atoms with Crippen molar-refractivity contribution in [2.45, 2.75) is 12.2 Å². The van der Waals surface area contributed by atoms with Gasteiger partial charge in [-0.3, -0.25) is 15.1 Å². The predicted octanol–water partition coefficient (Wildman–Crippen LogP) is 3.35. The third-order valence-electron chi connectivity index (χ3n) is 3.68. The summed E-state index contributed by atoms with van der Waals surface area (Å²) in [5.41, 5.74) is 3.44. The van der Waals surface area contributed by atoms with Crippen LogP contribution in [0.15, 0.2) is 54.7 Å². The van der Waals surface area contributed by atoms with E-state index in [2.05, 4.69) is 9.97 Å². The Morgan fingerprint density at radius 3 is 2.45 bits per heavy atom. The number of hydrogen-bond donors (Lipinski definition) is 0. The third-order valence-corrected chi connectivity index (χ3v) is 3.68. The SMILES string of the molecule is O=[N+]([O-])c1ccc([C@@H]2O[C@@H]2c2cnc3ccccc3n2)cc1. The van der Waals surface area contributed by atoms with Crippen LogP contribution in [-0.4, -0.2) is 14.9 Å². The minimum absolute atomic E-state index is 0.0754. The van der Waals surface area contributed by atoms with E-state index in [0.29, 0.717) is 0 Å². The van der Waals surface area contributed by atoms with Crippen molar-refractivity contribution in [2.75, 3.05) is 0 Å². The van der Waals surface area contributed by atoms with Gasteiger partial charge in [0, 0.05) is 12.1 Å². The maximum Gasteiger partial charge on any atom is 0.269 e. The van der Waals surface area contributed by atoms with Gasteiger partial charge in [0.1, 0.15) is 12.2 Å². The van der Waals surface area contributed by atoms with E-state index in [1.165, 1.54) is 12.1 Å². The van der Waals surface area contributed by atoms with Crippen LogP contribution in [-0.2, 0) is 4.74 Å². The fraction of sp³-hybridized carbons (Fsp3) is 0.125. The van der Waals surface area contributed by atoms with Crippen molar-refractivity contribution >= 4 is 16.7 Å². The van der Waals surface area contributed by atoms with E-state index in [-0.39, 0.29) is 17.9 Å². The first-order valence-electron chi connectivity index (χ1n) is 6.84. The number of nitro benzene ring substituents is 1. The van der Waals surface area contributed by atoms with E-state index in [4.69, 9.17) is 4.74 Å². The summed E-state index contributed by atoms with van der Waals surface area (Å²) in [6.45, 7) is 0. The van der Waals surface area contributed by atoms with Crippen LogP contribution >= 0.6 is 0 Å². The molecule has 0 saturated carbocycles. The lowest BCUT2D eigenvalue weighted by Gasteiger charge is -1.99. The standard InChI is InChI=1S/C16H11N3O3/c20-19(21)11-7-5-10(6-8-11)15-16(22-15)14-9-17-12-3-1-2-4-13(12)18-14/h1-9,15-16H/t15-,16+/m0/s1. The molecule has 1 saturated heterocycles. The molecule has 2 atom stereocenters. The second-order valence-electron chi connectivity index (χ2n) is 5.11. The summed E-state index contributed by atoms with van der Waals surface area (Å²) >= 11 is 0. The van der Waals surface area contributed by atoms with Gasteiger partial charge < -0.3 is 4.74 Å². The summed E-state index contributed by atoms with van der Waals surface area (Å²) in [6, 6.07) is 14.1. The molecule has 3 aromatic rings. The Morgan fingerprint density at radius 1 is 1.00 bits per heavy atom. The second-order valence-corrected chi connectivity index (χ2v) is 5.11. The molecule has 0 spiro atoms. The first-order valence-corrected chi connectivity index (χ1v) is 6.84. The zero-order valence-corrected chi connectivity index (χ0v) is 11.4. The van der Waals surface area contributed by atoms with Crippen molar-refractivity contribution in [3.05, 3.63) is 76.1 Å². The van der Waals surface area contributed by atoms with Gasteiger partial charge in [-0.25, -0.2) is 4.98 Å². The van der Waals surface area contributed by atoms with E-state index >= 15 is 0 Å². The molecule has 0 amide bonds. The lowest BCUT2D eigenvalue weighted by atomic mass is 10.1. The van der Waals surface area contributed by atoms with Crippen LogP contribution in [0.5, 0.6) is 0 Å². The number of nitro groups is 1. The number of non-ortho nitro benzene ring substituents is 1. The molecule has 1 aromatic heterocycles. The fourth-order valence-electron chi connectivity index (χ4n) is 2.49. The van der Waals surface area contributed by atoms with Crippen LogP contribution in [0, 0.1) is 10.1 Å². The highest BCUT2D eigenvalue weighted by molar-refractivity contribution is 5.73. The van der Waals surface area contributed by atoms with Gasteiger partial charge in [-0.2, -0.15) is 0 Å². The van der Waals surface area contributed by atoms with Crippen molar-refractivity contribution in [3.63, 3.8) is 0 Å². The number of rotatable bonds is 3. The molecule has 0 radical (unpaired) electrons. The van der Waals surface area contributed by atoms with Gasteiger partial charge in [-0.05, 0) is 29.8 Å². The molecular weight excluding hydrogens is 282 g/mol. The van der Waals surface area contributed by atoms with E-state index < -0.39 is 4.92 Å². The molecule has 2 heterocycles. The zero-order chi connectivity index (χ0) is 15.1. The molecule has 1 aliphatic rings. The largest absolute Gasteiger partial charge is 0.358 e. The van der Waals surface area contributed by atoms with Gasteiger partial charge in [0.2, 0.25) is 0 Å². The number of nitrogens with zero attached hydrogens (tertiary/aromatic N) is 3. The Labute approximate surface area is 125 Å². The minimum atomic E-state index is -0.413. The molecule has 6 heteroatoms. The number of fused-ring (bicyclic) bond motifs is 1. The molecule has 0 N–H and O–H groups in total. The van der Waals surface area contributed by atoms with Crippen molar-refractivity contribution in [3.8, 4) is 0 Å². The van der Waals surface area contributed by atoms with Crippen LogP contribution in [0.3, 0.4) is 0 Å². The number of hydrogen-bond acceptors (Lipinski definition) is 5. The average Bonchev–Trinajstić information content (AvgIpc) is 3.35. The minimum Gasteiger partial charge on any atom is -0.358 e. The van der Waals surface area contributed by atoms with Crippen LogP contribution in [0.4, 0.5) is 5.69 Å². The van der Waals surface area contributed by atoms with Gasteiger partial charge >= 0.3 is 0 Å². The molecule has 108 valence electrons. The summed E-state index contributed by atoms with van der Waals surface area (Å²) in [5.74, 6) is 0. The van der Waals surface area contributed by atoms with Gasteiger partial charge in [0.25, 0.3) is 5.69 Å². The summed E-state index contributed by atoms with van der Waals surface area (Å²) in [4.78, 5) is 19.2. The quantitative estimate of drug-likeness (QED) is 0.420. The first kappa shape index (κ1) is 12.8. The Bertz CT molecular complexity index is 864. The lowest BCUT2D eigenvalue weighted by Crippen LogP contribution is -1.93. The summed E-state index contributed by atoms with van der Waals surface area (Å²) in [6.07, 6.45) is 1.47. The summed E-state index contributed by atoms with van der Waals surface area (Å²) < 4.78 is 5.67. The maximum atomic E-state index is 10.7. The van der Waals surface area contributed by atoms with Crippen molar-refractivity contribution in [2.24, 2.45) is 0 Å².